The third-order valence-electron chi connectivity index (χ3n) is 6.12. The number of Topliss-reactive ketones (excluding diaryl/α,β-unsaturated/α-hetero) is 1. The van der Waals surface area contributed by atoms with Crippen LogP contribution in [-0.2, 0) is 29.0 Å². The minimum absolute atomic E-state index is 0.0322. The minimum Gasteiger partial charge on any atom is -0.454 e. The van der Waals surface area contributed by atoms with Crippen LogP contribution in [0.25, 0.3) is 0 Å². The Balaban J connectivity index is 1.37. The zero-order valence-corrected chi connectivity index (χ0v) is 19.7. The summed E-state index contributed by atoms with van der Waals surface area (Å²) in [6.45, 7) is 4.25. The van der Waals surface area contributed by atoms with Crippen molar-refractivity contribution in [3.05, 3.63) is 94.3 Å². The molecule has 0 saturated carbocycles. The number of benzene rings is 2. The molecule has 2 aromatic carbocycles. The highest BCUT2D eigenvalue weighted by atomic mass is 16.5. The second-order valence-electron chi connectivity index (χ2n) is 8.51. The number of nitrogens with zero attached hydrogens (tertiary/aromatic N) is 2. The van der Waals surface area contributed by atoms with Gasteiger partial charge in [-0.1, -0.05) is 42.5 Å². The molecule has 8 heteroatoms. The number of urea groups is 1. The maximum absolute atomic E-state index is 12.8. The molecule has 0 aliphatic carbocycles. The summed E-state index contributed by atoms with van der Waals surface area (Å²) in [6.07, 6.45) is 0.848. The smallest absolute Gasteiger partial charge is 0.338 e. The summed E-state index contributed by atoms with van der Waals surface area (Å²) in [4.78, 5) is 50.0. The lowest BCUT2D eigenvalue weighted by Crippen LogP contribution is -2.30. The van der Waals surface area contributed by atoms with Gasteiger partial charge in [-0.3, -0.25) is 14.5 Å². The number of hydrogen-bond acceptors (Lipinski definition) is 5. The standard InChI is InChI=1S/C27H27N3O5/c1-18-13-23(19(2)29(18)12-11-20-7-4-3-5-8-20)24(31)17-35-26(33)22-10-6-9-21(14-22)16-30-25(32)15-28-27(30)34/h3-10,13-14H,11-12,15-17H2,1-2H3,(H,28,34). The fourth-order valence-electron chi connectivity index (χ4n) is 4.20. The highest BCUT2D eigenvalue weighted by Gasteiger charge is 2.28. The Morgan fingerprint density at radius 1 is 0.971 bits per heavy atom. The topological polar surface area (TPSA) is 97.7 Å². The number of ether oxygens (including phenoxy) is 1. The van der Waals surface area contributed by atoms with Gasteiger partial charge in [0.25, 0.3) is 0 Å². The number of ketones is 1. The number of rotatable bonds is 9. The van der Waals surface area contributed by atoms with Crippen molar-refractivity contribution in [2.75, 3.05) is 13.2 Å². The molecule has 1 fully saturated rings. The second-order valence-corrected chi connectivity index (χ2v) is 8.51. The molecule has 0 radical (unpaired) electrons. The average molecular weight is 474 g/mol. The van der Waals surface area contributed by atoms with E-state index in [-0.39, 0.29) is 37.0 Å². The highest BCUT2D eigenvalue weighted by molar-refractivity contribution is 6.02. The predicted molar refractivity (Wildman–Crippen MR) is 129 cm³/mol. The van der Waals surface area contributed by atoms with E-state index in [1.54, 1.807) is 24.3 Å². The number of carbonyl (C=O) groups is 4. The summed E-state index contributed by atoms with van der Waals surface area (Å²) in [5.41, 5.74) is 4.43. The van der Waals surface area contributed by atoms with E-state index in [2.05, 4.69) is 22.0 Å². The molecule has 1 aromatic heterocycles. The van der Waals surface area contributed by atoms with Crippen molar-refractivity contribution >= 4 is 23.7 Å². The van der Waals surface area contributed by atoms with Gasteiger partial charge in [0.2, 0.25) is 11.7 Å². The van der Waals surface area contributed by atoms with E-state index in [4.69, 9.17) is 4.74 Å². The van der Waals surface area contributed by atoms with E-state index in [9.17, 15) is 19.2 Å². The summed E-state index contributed by atoms with van der Waals surface area (Å²) >= 11 is 0. The summed E-state index contributed by atoms with van der Waals surface area (Å²) in [6, 6.07) is 18.0. The van der Waals surface area contributed by atoms with Crippen molar-refractivity contribution < 1.29 is 23.9 Å². The van der Waals surface area contributed by atoms with Crippen molar-refractivity contribution in [1.29, 1.82) is 0 Å². The van der Waals surface area contributed by atoms with Crippen LogP contribution in [-0.4, -0.2) is 46.3 Å². The molecule has 0 unspecified atom stereocenters. The Bertz CT molecular complexity index is 1260. The second kappa shape index (κ2) is 10.4. The van der Waals surface area contributed by atoms with E-state index in [1.165, 1.54) is 5.56 Å². The van der Waals surface area contributed by atoms with Crippen molar-refractivity contribution in [3.8, 4) is 0 Å². The number of imide groups is 1. The molecule has 8 nitrogen and oxygen atoms in total. The summed E-state index contributed by atoms with van der Waals surface area (Å²) < 4.78 is 7.39. The van der Waals surface area contributed by atoms with Gasteiger partial charge in [-0.25, -0.2) is 9.59 Å². The fourth-order valence-corrected chi connectivity index (χ4v) is 4.20. The Kier molecular flexibility index (Phi) is 7.10. The zero-order chi connectivity index (χ0) is 24.9. The largest absolute Gasteiger partial charge is 0.454 e. The van der Waals surface area contributed by atoms with Crippen LogP contribution >= 0.6 is 0 Å². The van der Waals surface area contributed by atoms with E-state index in [1.807, 2.05) is 38.1 Å². The molecule has 3 aromatic rings. The van der Waals surface area contributed by atoms with Crippen LogP contribution in [0.4, 0.5) is 4.79 Å². The first-order valence-electron chi connectivity index (χ1n) is 11.4. The first-order valence-corrected chi connectivity index (χ1v) is 11.4. The molecule has 1 N–H and O–H groups in total. The molecule has 0 atom stereocenters. The third-order valence-corrected chi connectivity index (χ3v) is 6.12. The molecule has 1 aliphatic heterocycles. The predicted octanol–water partition coefficient (Wildman–Crippen LogP) is 3.44. The summed E-state index contributed by atoms with van der Waals surface area (Å²) in [5.74, 6) is -1.24. The maximum atomic E-state index is 12.8. The number of aromatic nitrogens is 1. The molecule has 0 bridgehead atoms. The Hall–Kier alpha value is -4.20. The van der Waals surface area contributed by atoms with Crippen molar-refractivity contribution in [2.24, 2.45) is 0 Å². The zero-order valence-electron chi connectivity index (χ0n) is 19.7. The molecule has 1 aliphatic rings. The number of amides is 3. The van der Waals surface area contributed by atoms with Crippen LogP contribution in [0.1, 0.15) is 43.2 Å². The third kappa shape index (κ3) is 5.48. The van der Waals surface area contributed by atoms with Gasteiger partial charge in [0.1, 0.15) is 0 Å². The van der Waals surface area contributed by atoms with Gasteiger partial charge in [0, 0.05) is 23.5 Å². The Morgan fingerprint density at radius 2 is 1.71 bits per heavy atom. The van der Waals surface area contributed by atoms with Crippen LogP contribution in [0.3, 0.4) is 0 Å². The average Bonchev–Trinajstić information content (AvgIpc) is 3.33. The van der Waals surface area contributed by atoms with Crippen LogP contribution in [0, 0.1) is 13.8 Å². The minimum atomic E-state index is -0.643. The monoisotopic (exact) mass is 473 g/mol. The molecule has 2 heterocycles. The number of carbonyl (C=O) groups excluding carboxylic acids is 4. The SMILES string of the molecule is Cc1cc(C(=O)COC(=O)c2cccc(CN3C(=O)CNC3=O)c2)c(C)n1CCc1ccccc1. The van der Waals surface area contributed by atoms with Gasteiger partial charge >= 0.3 is 12.0 Å². The van der Waals surface area contributed by atoms with Gasteiger partial charge in [0.15, 0.2) is 6.61 Å². The molecule has 0 spiro atoms. The maximum Gasteiger partial charge on any atom is 0.338 e. The molecule has 1 saturated heterocycles. The molecule has 4 rings (SSSR count). The summed E-state index contributed by atoms with van der Waals surface area (Å²) in [7, 11) is 0. The lowest BCUT2D eigenvalue weighted by Gasteiger charge is -2.13. The first-order chi connectivity index (χ1) is 16.8. The van der Waals surface area contributed by atoms with E-state index in [0.717, 1.165) is 29.3 Å². The molecule has 180 valence electrons. The Labute approximate surface area is 203 Å². The van der Waals surface area contributed by atoms with Crippen LogP contribution in [0.5, 0.6) is 0 Å². The van der Waals surface area contributed by atoms with E-state index < -0.39 is 12.0 Å². The lowest BCUT2D eigenvalue weighted by atomic mass is 10.1. The number of aryl methyl sites for hydroxylation is 2. The van der Waals surface area contributed by atoms with E-state index >= 15 is 0 Å². The molecule has 35 heavy (non-hydrogen) atoms. The van der Waals surface area contributed by atoms with Gasteiger partial charge in [-0.2, -0.15) is 0 Å². The van der Waals surface area contributed by atoms with Crippen molar-refractivity contribution in [1.82, 2.24) is 14.8 Å². The molecular weight excluding hydrogens is 446 g/mol. The lowest BCUT2D eigenvalue weighted by molar-refractivity contribution is -0.125. The number of nitrogens with one attached hydrogen (secondary N) is 1. The van der Waals surface area contributed by atoms with E-state index in [0.29, 0.717) is 11.1 Å². The van der Waals surface area contributed by atoms with Crippen molar-refractivity contribution in [2.45, 2.75) is 33.4 Å². The van der Waals surface area contributed by atoms with Gasteiger partial charge in [-0.15, -0.1) is 0 Å². The van der Waals surface area contributed by atoms with Crippen molar-refractivity contribution in [3.63, 3.8) is 0 Å². The van der Waals surface area contributed by atoms with Gasteiger partial charge in [-0.05, 0) is 49.6 Å². The van der Waals surface area contributed by atoms with Gasteiger partial charge < -0.3 is 14.6 Å². The number of esters is 1. The van der Waals surface area contributed by atoms with Gasteiger partial charge in [0.05, 0.1) is 18.7 Å². The normalized spacial score (nSPS) is 13.1. The van der Waals surface area contributed by atoms with Crippen LogP contribution in [0.15, 0.2) is 60.7 Å². The first kappa shape index (κ1) is 23.9. The molecular formula is C27H27N3O5. The number of hydrogen-bond donors (Lipinski definition) is 1. The Morgan fingerprint density at radius 3 is 2.43 bits per heavy atom. The van der Waals surface area contributed by atoms with Crippen LogP contribution < -0.4 is 5.32 Å². The van der Waals surface area contributed by atoms with Crippen LogP contribution in [0.2, 0.25) is 0 Å². The fraction of sp³-hybridized carbons (Fsp3) is 0.259. The highest BCUT2D eigenvalue weighted by Crippen LogP contribution is 2.18. The molecule has 3 amide bonds. The quantitative estimate of drug-likeness (QED) is 0.292. The summed E-state index contributed by atoms with van der Waals surface area (Å²) in [5, 5.41) is 2.46.